The highest BCUT2D eigenvalue weighted by Crippen LogP contribution is 2.43. The van der Waals surface area contributed by atoms with Crippen LogP contribution in [0, 0.1) is 5.92 Å². The highest BCUT2D eigenvalue weighted by molar-refractivity contribution is 7.22. The number of ether oxygens (including phenoxy) is 2. The number of nitrogens with zero attached hydrogens (tertiary/aromatic N) is 1. The third-order valence-electron chi connectivity index (χ3n) is 4.52. The molecule has 0 aliphatic carbocycles. The van der Waals surface area contributed by atoms with Gasteiger partial charge in [-0.05, 0) is 31.9 Å². The molecule has 0 radical (unpaired) electrons. The Morgan fingerprint density at radius 1 is 1.23 bits per heavy atom. The standard InChI is InChI=1S/C18H19Cl2NO4S/c1-3-25-18(23)10-6-8-21(9-7-10)17(22)16-13(19)11-4-5-12(24-2)14(20)15(11)26-16/h4-5,10H,3,6-9H2,1-2H3. The molecule has 2 heterocycles. The third kappa shape index (κ3) is 3.50. The number of esters is 1. The quantitative estimate of drug-likeness (QED) is 0.682. The van der Waals surface area contributed by atoms with Crippen molar-refractivity contribution >= 4 is 56.5 Å². The normalized spacial score (nSPS) is 15.3. The molecule has 1 aliphatic rings. The van der Waals surface area contributed by atoms with Crippen molar-refractivity contribution in [2.75, 3.05) is 26.8 Å². The van der Waals surface area contributed by atoms with Gasteiger partial charge in [-0.2, -0.15) is 0 Å². The van der Waals surface area contributed by atoms with Crippen molar-refractivity contribution in [3.05, 3.63) is 27.1 Å². The van der Waals surface area contributed by atoms with E-state index in [1.54, 1.807) is 25.0 Å². The number of hydrogen-bond acceptors (Lipinski definition) is 5. The summed E-state index contributed by atoms with van der Waals surface area (Å²) in [4.78, 5) is 27.0. The minimum Gasteiger partial charge on any atom is -0.495 e. The van der Waals surface area contributed by atoms with E-state index < -0.39 is 0 Å². The number of fused-ring (bicyclic) bond motifs is 1. The fraction of sp³-hybridized carbons (Fsp3) is 0.444. The highest BCUT2D eigenvalue weighted by atomic mass is 35.5. The lowest BCUT2D eigenvalue weighted by atomic mass is 9.97. The fourth-order valence-corrected chi connectivity index (χ4v) is 4.96. The highest BCUT2D eigenvalue weighted by Gasteiger charge is 2.31. The summed E-state index contributed by atoms with van der Waals surface area (Å²) in [6.45, 7) is 3.17. The van der Waals surface area contributed by atoms with Crippen LogP contribution in [0.25, 0.3) is 10.1 Å². The van der Waals surface area contributed by atoms with Gasteiger partial charge >= 0.3 is 5.97 Å². The zero-order valence-corrected chi connectivity index (χ0v) is 16.8. The second-order valence-electron chi connectivity index (χ2n) is 6.02. The van der Waals surface area contributed by atoms with Crippen LogP contribution in [0.2, 0.25) is 10.0 Å². The number of hydrogen-bond donors (Lipinski definition) is 0. The summed E-state index contributed by atoms with van der Waals surface area (Å²) in [5.74, 6) is 0.0915. The molecule has 0 atom stereocenters. The molecule has 1 saturated heterocycles. The minimum atomic E-state index is -0.182. The Morgan fingerprint density at radius 2 is 1.92 bits per heavy atom. The van der Waals surface area contributed by atoms with Crippen LogP contribution in [0.5, 0.6) is 5.75 Å². The molecule has 3 rings (SSSR count). The first-order chi connectivity index (χ1) is 12.5. The topological polar surface area (TPSA) is 55.8 Å². The van der Waals surface area contributed by atoms with Crippen LogP contribution in [0.4, 0.5) is 0 Å². The van der Waals surface area contributed by atoms with Crippen molar-refractivity contribution in [1.29, 1.82) is 0 Å². The summed E-state index contributed by atoms with van der Waals surface area (Å²) in [5, 5.41) is 1.61. The molecule has 1 fully saturated rings. The molecule has 0 saturated carbocycles. The van der Waals surface area contributed by atoms with Crippen LogP contribution in [0.3, 0.4) is 0 Å². The van der Waals surface area contributed by atoms with Gasteiger partial charge in [0.2, 0.25) is 0 Å². The number of methoxy groups -OCH3 is 1. The Hall–Kier alpha value is -1.50. The average molecular weight is 416 g/mol. The lowest BCUT2D eigenvalue weighted by Gasteiger charge is -2.30. The van der Waals surface area contributed by atoms with Crippen LogP contribution >= 0.6 is 34.5 Å². The number of halogens is 2. The van der Waals surface area contributed by atoms with Crippen molar-refractivity contribution in [3.8, 4) is 5.75 Å². The van der Waals surface area contributed by atoms with Gasteiger partial charge in [0.15, 0.2) is 0 Å². The average Bonchev–Trinajstić information content (AvgIpc) is 2.99. The molecule has 0 bridgehead atoms. The van der Waals surface area contributed by atoms with Crippen molar-refractivity contribution < 1.29 is 19.1 Å². The van der Waals surface area contributed by atoms with E-state index in [0.29, 0.717) is 53.2 Å². The second kappa shape index (κ2) is 8.03. The molecule has 140 valence electrons. The number of piperidine rings is 1. The van der Waals surface area contributed by atoms with Crippen molar-refractivity contribution in [3.63, 3.8) is 0 Å². The summed E-state index contributed by atoms with van der Waals surface area (Å²) in [7, 11) is 1.54. The van der Waals surface area contributed by atoms with Crippen LogP contribution in [0.1, 0.15) is 29.4 Å². The Labute approximate surface area is 165 Å². The molecule has 0 spiro atoms. The Bertz CT molecular complexity index is 843. The number of amides is 1. The van der Waals surface area contributed by atoms with Crippen molar-refractivity contribution in [1.82, 2.24) is 4.90 Å². The first-order valence-electron chi connectivity index (χ1n) is 8.38. The van der Waals surface area contributed by atoms with E-state index in [4.69, 9.17) is 32.7 Å². The van der Waals surface area contributed by atoms with Crippen LogP contribution in [-0.2, 0) is 9.53 Å². The number of thiophene rings is 1. The lowest BCUT2D eigenvalue weighted by Crippen LogP contribution is -2.40. The Morgan fingerprint density at radius 3 is 2.54 bits per heavy atom. The lowest BCUT2D eigenvalue weighted by molar-refractivity contribution is -0.149. The van der Waals surface area contributed by atoms with Crippen molar-refractivity contribution in [2.24, 2.45) is 5.92 Å². The van der Waals surface area contributed by atoms with Gasteiger partial charge in [0, 0.05) is 18.5 Å². The minimum absolute atomic E-state index is 0.131. The van der Waals surface area contributed by atoms with E-state index in [2.05, 4.69) is 0 Å². The Balaban J connectivity index is 1.80. The summed E-state index contributed by atoms with van der Waals surface area (Å²) >= 11 is 14.1. The summed E-state index contributed by atoms with van der Waals surface area (Å²) < 4.78 is 11.0. The molecular formula is C18H19Cl2NO4S. The van der Waals surface area contributed by atoms with Crippen LogP contribution < -0.4 is 4.74 Å². The van der Waals surface area contributed by atoms with E-state index in [-0.39, 0.29) is 17.8 Å². The molecule has 1 aromatic heterocycles. The molecular weight excluding hydrogens is 397 g/mol. The number of carbonyl (C=O) groups is 2. The number of rotatable bonds is 4. The van der Waals surface area contributed by atoms with Gasteiger partial charge < -0.3 is 14.4 Å². The van der Waals surface area contributed by atoms with Crippen molar-refractivity contribution in [2.45, 2.75) is 19.8 Å². The van der Waals surface area contributed by atoms with Gasteiger partial charge in [0.1, 0.15) is 15.6 Å². The SMILES string of the molecule is CCOC(=O)C1CCN(C(=O)c2sc3c(Cl)c(OC)ccc3c2Cl)CC1. The maximum absolute atomic E-state index is 12.9. The van der Waals surface area contributed by atoms with Gasteiger partial charge in [0.25, 0.3) is 5.91 Å². The van der Waals surface area contributed by atoms with Crippen LogP contribution in [0.15, 0.2) is 12.1 Å². The summed E-state index contributed by atoms with van der Waals surface area (Å²) in [6.07, 6.45) is 1.20. The molecule has 8 heteroatoms. The maximum Gasteiger partial charge on any atom is 0.309 e. The third-order valence-corrected chi connectivity index (χ3v) is 6.72. The molecule has 1 amide bonds. The first-order valence-corrected chi connectivity index (χ1v) is 9.95. The fourth-order valence-electron chi connectivity index (χ4n) is 3.10. The molecule has 5 nitrogen and oxygen atoms in total. The van der Waals surface area contributed by atoms with Crippen LogP contribution in [-0.4, -0.2) is 43.6 Å². The predicted octanol–water partition coefficient (Wildman–Crippen LogP) is 4.63. The van der Waals surface area contributed by atoms with Gasteiger partial charge in [0.05, 0.1) is 29.4 Å². The van der Waals surface area contributed by atoms with E-state index in [1.807, 2.05) is 6.07 Å². The smallest absolute Gasteiger partial charge is 0.309 e. The molecule has 0 unspecified atom stereocenters. The largest absolute Gasteiger partial charge is 0.495 e. The maximum atomic E-state index is 12.9. The predicted molar refractivity (Wildman–Crippen MR) is 104 cm³/mol. The van der Waals surface area contributed by atoms with Gasteiger partial charge in [-0.15, -0.1) is 11.3 Å². The van der Waals surface area contributed by atoms with E-state index in [9.17, 15) is 9.59 Å². The number of carbonyl (C=O) groups excluding carboxylic acids is 2. The van der Waals surface area contributed by atoms with E-state index in [1.165, 1.54) is 11.3 Å². The molecule has 1 aromatic carbocycles. The van der Waals surface area contributed by atoms with Gasteiger partial charge in [-0.1, -0.05) is 23.2 Å². The molecule has 2 aromatic rings. The number of benzene rings is 1. The van der Waals surface area contributed by atoms with E-state index in [0.717, 1.165) is 10.1 Å². The zero-order chi connectivity index (χ0) is 18.8. The molecule has 26 heavy (non-hydrogen) atoms. The summed E-state index contributed by atoms with van der Waals surface area (Å²) in [6, 6.07) is 3.55. The van der Waals surface area contributed by atoms with Gasteiger partial charge in [-0.3, -0.25) is 9.59 Å². The first kappa shape index (κ1) is 19.3. The zero-order valence-electron chi connectivity index (χ0n) is 14.5. The Kier molecular flexibility index (Phi) is 5.95. The van der Waals surface area contributed by atoms with E-state index >= 15 is 0 Å². The monoisotopic (exact) mass is 415 g/mol. The second-order valence-corrected chi connectivity index (χ2v) is 7.80. The molecule has 0 N–H and O–H groups in total. The summed E-state index contributed by atoms with van der Waals surface area (Å²) in [5.41, 5.74) is 0. The van der Waals surface area contributed by atoms with Gasteiger partial charge in [-0.25, -0.2) is 0 Å². The number of likely N-dealkylation sites (tertiary alicyclic amines) is 1. The molecule has 1 aliphatic heterocycles.